The van der Waals surface area contributed by atoms with Gasteiger partial charge in [0.15, 0.2) is 0 Å². The van der Waals surface area contributed by atoms with Crippen molar-refractivity contribution in [3.63, 3.8) is 0 Å². The van der Waals surface area contributed by atoms with E-state index in [-0.39, 0.29) is 6.09 Å². The van der Waals surface area contributed by atoms with Crippen molar-refractivity contribution in [2.45, 2.75) is 51.7 Å². The van der Waals surface area contributed by atoms with Crippen LogP contribution in [0.5, 0.6) is 0 Å². The maximum Gasteiger partial charge on any atom is 0.410 e. The van der Waals surface area contributed by atoms with Gasteiger partial charge in [0, 0.05) is 19.6 Å². The summed E-state index contributed by atoms with van der Waals surface area (Å²) in [5.41, 5.74) is -0.408. The first kappa shape index (κ1) is 14.3. The summed E-state index contributed by atoms with van der Waals surface area (Å²) >= 11 is 0. The van der Waals surface area contributed by atoms with Crippen molar-refractivity contribution in [3.05, 3.63) is 0 Å². The average Bonchev–Trinajstić information content (AvgIpc) is 2.62. The molecule has 0 radical (unpaired) electrons. The van der Waals surface area contributed by atoms with Crippen molar-refractivity contribution >= 4 is 6.09 Å². The van der Waals surface area contributed by atoms with Crippen molar-refractivity contribution in [1.82, 2.24) is 10.2 Å². The number of ether oxygens (including phenoxy) is 1. The van der Waals surface area contributed by atoms with E-state index >= 15 is 0 Å². The Labute approximate surface area is 105 Å². The van der Waals surface area contributed by atoms with Crippen LogP contribution in [0, 0.1) is 5.92 Å². The van der Waals surface area contributed by atoms with E-state index < -0.39 is 5.60 Å². The summed E-state index contributed by atoms with van der Waals surface area (Å²) in [5, 5.41) is 3.30. The molecule has 100 valence electrons. The number of rotatable bonds is 3. The Morgan fingerprint density at radius 1 is 1.41 bits per heavy atom. The van der Waals surface area contributed by atoms with Gasteiger partial charge in [-0.25, -0.2) is 4.79 Å². The molecule has 17 heavy (non-hydrogen) atoms. The van der Waals surface area contributed by atoms with Crippen LogP contribution >= 0.6 is 0 Å². The van der Waals surface area contributed by atoms with Gasteiger partial charge in [0.2, 0.25) is 0 Å². The maximum absolute atomic E-state index is 11.8. The number of amides is 1. The molecule has 1 amide bonds. The van der Waals surface area contributed by atoms with Crippen LogP contribution in [-0.4, -0.2) is 43.3 Å². The molecule has 0 bridgehead atoms. The topological polar surface area (TPSA) is 41.6 Å². The van der Waals surface area contributed by atoms with Crippen molar-refractivity contribution in [3.8, 4) is 0 Å². The largest absolute Gasteiger partial charge is 0.444 e. The number of carbonyl (C=O) groups is 1. The molecule has 0 saturated heterocycles. The summed E-state index contributed by atoms with van der Waals surface area (Å²) in [6, 6.07) is 0.618. The molecular formula is C13H26N2O2. The second kappa shape index (κ2) is 5.71. The van der Waals surface area contributed by atoms with Crippen LogP contribution in [0.15, 0.2) is 0 Å². The predicted octanol–water partition coefficient (Wildman–Crippen LogP) is 2.24. The van der Waals surface area contributed by atoms with Gasteiger partial charge in [-0.05, 0) is 53.0 Å². The van der Waals surface area contributed by atoms with Crippen LogP contribution in [-0.2, 0) is 4.74 Å². The van der Waals surface area contributed by atoms with E-state index in [1.807, 2.05) is 34.9 Å². The quantitative estimate of drug-likeness (QED) is 0.825. The number of hydrogen-bond donors (Lipinski definition) is 1. The molecule has 0 heterocycles. The second-order valence-corrected chi connectivity index (χ2v) is 6.03. The molecule has 0 aromatic carbocycles. The molecule has 4 heteroatoms. The van der Waals surface area contributed by atoms with Crippen LogP contribution in [0.4, 0.5) is 4.79 Å². The van der Waals surface area contributed by atoms with E-state index in [0.29, 0.717) is 12.0 Å². The van der Waals surface area contributed by atoms with Crippen LogP contribution in [0.1, 0.15) is 40.0 Å². The monoisotopic (exact) mass is 242 g/mol. The van der Waals surface area contributed by atoms with Gasteiger partial charge in [0.25, 0.3) is 0 Å². The summed E-state index contributed by atoms with van der Waals surface area (Å²) in [7, 11) is 3.82. The fraction of sp³-hybridized carbons (Fsp3) is 0.923. The molecule has 0 aromatic rings. The highest BCUT2D eigenvalue weighted by atomic mass is 16.6. The SMILES string of the molecule is CNC1CCC(CN(C)C(=O)OC(C)(C)C)C1. The third-order valence-electron chi connectivity index (χ3n) is 3.19. The number of carbonyl (C=O) groups excluding carboxylic acids is 1. The highest BCUT2D eigenvalue weighted by Gasteiger charge is 2.27. The number of hydrogen-bond acceptors (Lipinski definition) is 3. The van der Waals surface area contributed by atoms with E-state index in [4.69, 9.17) is 4.74 Å². The van der Waals surface area contributed by atoms with Gasteiger partial charge in [-0.2, -0.15) is 0 Å². The Morgan fingerprint density at radius 3 is 2.53 bits per heavy atom. The third-order valence-corrected chi connectivity index (χ3v) is 3.19. The molecule has 2 unspecified atom stereocenters. The maximum atomic E-state index is 11.8. The smallest absolute Gasteiger partial charge is 0.410 e. The zero-order valence-electron chi connectivity index (χ0n) is 11.7. The minimum atomic E-state index is -0.408. The zero-order valence-corrected chi connectivity index (χ0v) is 11.7. The Morgan fingerprint density at radius 2 is 2.06 bits per heavy atom. The predicted molar refractivity (Wildman–Crippen MR) is 69.1 cm³/mol. The summed E-state index contributed by atoms with van der Waals surface area (Å²) in [6.45, 7) is 6.48. The molecular weight excluding hydrogens is 216 g/mol. The van der Waals surface area contributed by atoms with Gasteiger partial charge in [-0.3, -0.25) is 0 Å². The minimum absolute atomic E-state index is 0.217. The lowest BCUT2D eigenvalue weighted by Crippen LogP contribution is -2.36. The van der Waals surface area contributed by atoms with Crippen LogP contribution < -0.4 is 5.32 Å². The highest BCUT2D eigenvalue weighted by Crippen LogP contribution is 2.26. The van der Waals surface area contributed by atoms with E-state index in [9.17, 15) is 4.79 Å². The molecule has 1 saturated carbocycles. The summed E-state index contributed by atoms with van der Waals surface area (Å²) in [5.74, 6) is 0.602. The normalized spacial score (nSPS) is 24.8. The molecule has 1 aliphatic rings. The Balaban J connectivity index is 2.34. The lowest BCUT2D eigenvalue weighted by molar-refractivity contribution is 0.0274. The van der Waals surface area contributed by atoms with E-state index in [0.717, 1.165) is 13.0 Å². The van der Waals surface area contributed by atoms with Gasteiger partial charge >= 0.3 is 6.09 Å². The van der Waals surface area contributed by atoms with E-state index in [1.165, 1.54) is 12.8 Å². The molecule has 2 atom stereocenters. The van der Waals surface area contributed by atoms with Gasteiger partial charge < -0.3 is 15.0 Å². The van der Waals surface area contributed by atoms with Gasteiger partial charge in [-0.1, -0.05) is 0 Å². The van der Waals surface area contributed by atoms with Crippen LogP contribution in [0.2, 0.25) is 0 Å². The molecule has 1 fully saturated rings. The second-order valence-electron chi connectivity index (χ2n) is 6.03. The summed E-state index contributed by atoms with van der Waals surface area (Å²) in [6.07, 6.45) is 3.34. The third kappa shape index (κ3) is 4.94. The lowest BCUT2D eigenvalue weighted by Gasteiger charge is -2.26. The minimum Gasteiger partial charge on any atom is -0.444 e. The fourth-order valence-electron chi connectivity index (χ4n) is 2.30. The first-order chi connectivity index (χ1) is 7.81. The van der Waals surface area contributed by atoms with Gasteiger partial charge in [-0.15, -0.1) is 0 Å². The average molecular weight is 242 g/mol. The molecule has 1 rings (SSSR count). The van der Waals surface area contributed by atoms with Crippen molar-refractivity contribution in [2.75, 3.05) is 20.6 Å². The zero-order chi connectivity index (χ0) is 13.1. The molecule has 0 aromatic heterocycles. The molecule has 4 nitrogen and oxygen atoms in total. The van der Waals surface area contributed by atoms with Crippen molar-refractivity contribution < 1.29 is 9.53 Å². The van der Waals surface area contributed by atoms with Crippen molar-refractivity contribution in [1.29, 1.82) is 0 Å². The van der Waals surface area contributed by atoms with Crippen molar-refractivity contribution in [2.24, 2.45) is 5.92 Å². The van der Waals surface area contributed by atoms with Crippen LogP contribution in [0.25, 0.3) is 0 Å². The van der Waals surface area contributed by atoms with E-state index in [1.54, 1.807) is 4.90 Å². The Bertz CT molecular complexity index is 261. The molecule has 0 spiro atoms. The van der Waals surface area contributed by atoms with Gasteiger partial charge in [0.05, 0.1) is 0 Å². The fourth-order valence-corrected chi connectivity index (χ4v) is 2.30. The molecule has 1 N–H and O–H groups in total. The first-order valence-corrected chi connectivity index (χ1v) is 6.43. The highest BCUT2D eigenvalue weighted by molar-refractivity contribution is 5.67. The van der Waals surface area contributed by atoms with Gasteiger partial charge in [0.1, 0.15) is 5.60 Å². The standard InChI is InChI=1S/C13H26N2O2/c1-13(2,3)17-12(16)15(5)9-10-6-7-11(8-10)14-4/h10-11,14H,6-9H2,1-5H3. The number of nitrogens with zero attached hydrogens (tertiary/aromatic N) is 1. The molecule has 1 aliphatic carbocycles. The van der Waals surface area contributed by atoms with E-state index in [2.05, 4.69) is 5.32 Å². The lowest BCUT2D eigenvalue weighted by atomic mass is 10.1. The molecule has 0 aliphatic heterocycles. The number of nitrogens with one attached hydrogen (secondary N) is 1. The van der Waals surface area contributed by atoms with Crippen LogP contribution in [0.3, 0.4) is 0 Å². The Hall–Kier alpha value is -0.770. The summed E-state index contributed by atoms with van der Waals surface area (Å²) in [4.78, 5) is 13.5. The Kier molecular flexibility index (Phi) is 4.80. The first-order valence-electron chi connectivity index (χ1n) is 6.43. The summed E-state index contributed by atoms with van der Waals surface area (Å²) < 4.78 is 5.33.